The van der Waals surface area contributed by atoms with Gasteiger partial charge in [-0.2, -0.15) is 18.2 Å². The summed E-state index contributed by atoms with van der Waals surface area (Å²) in [5.74, 6) is -0.0206. The average molecular weight is 368 g/mol. The Labute approximate surface area is 146 Å². The van der Waals surface area contributed by atoms with Gasteiger partial charge < -0.3 is 4.52 Å². The number of hydrogen-bond acceptors (Lipinski definition) is 6. The van der Waals surface area contributed by atoms with E-state index in [0.717, 1.165) is 11.8 Å². The molecule has 0 saturated carbocycles. The number of rotatable bonds is 3. The summed E-state index contributed by atoms with van der Waals surface area (Å²) in [5, 5.41) is 4.67. The molecule has 132 valence electrons. The number of fused-ring (bicyclic) bond motifs is 1. The molecule has 0 spiro atoms. The van der Waals surface area contributed by atoms with E-state index in [2.05, 4.69) is 20.1 Å². The molecule has 0 aliphatic carbocycles. The van der Waals surface area contributed by atoms with Crippen LogP contribution in [0.2, 0.25) is 0 Å². The average Bonchev–Trinajstić information content (AvgIpc) is 3.00. The van der Waals surface area contributed by atoms with Gasteiger partial charge in [-0.25, -0.2) is 9.97 Å². The summed E-state index contributed by atoms with van der Waals surface area (Å²) in [5.41, 5.74) is -0.0446. The molecule has 0 saturated heterocycles. The molecule has 9 heteroatoms. The van der Waals surface area contributed by atoms with Gasteiger partial charge in [0.25, 0.3) is 0 Å². The Morgan fingerprint density at radius 3 is 2.40 bits per heavy atom. The highest BCUT2D eigenvalue weighted by Gasteiger charge is 2.35. The van der Waals surface area contributed by atoms with E-state index in [0.29, 0.717) is 17.1 Å². The molecule has 5 nitrogen and oxygen atoms in total. The number of halogens is 3. The standard InChI is InChI=1S/C16H15F3N4OS/c1-15(2,3)14-21-11(23-24-14)8-25-12-9-6-4-5-7-10(9)20-13(22-12)16(17,18)19/h4-7H,8H2,1-3H3. The molecule has 0 N–H and O–H groups in total. The van der Waals surface area contributed by atoms with E-state index in [1.807, 2.05) is 20.8 Å². The van der Waals surface area contributed by atoms with Gasteiger partial charge in [0.2, 0.25) is 11.7 Å². The number of alkyl halides is 3. The molecular weight excluding hydrogens is 353 g/mol. The van der Waals surface area contributed by atoms with Gasteiger partial charge in [-0.05, 0) is 6.07 Å². The Morgan fingerprint density at radius 2 is 1.76 bits per heavy atom. The SMILES string of the molecule is CC(C)(C)c1nc(CSc2nc(C(F)(F)F)nc3ccccc23)no1. The number of nitrogens with zero attached hydrogens (tertiary/aromatic N) is 4. The molecule has 0 fully saturated rings. The molecule has 2 aromatic heterocycles. The van der Waals surface area contributed by atoms with Gasteiger partial charge in [0, 0.05) is 10.8 Å². The molecule has 0 unspecified atom stereocenters. The van der Waals surface area contributed by atoms with Gasteiger partial charge >= 0.3 is 6.18 Å². The molecule has 25 heavy (non-hydrogen) atoms. The number of hydrogen-bond donors (Lipinski definition) is 0. The van der Waals surface area contributed by atoms with Crippen LogP contribution in [0.15, 0.2) is 33.8 Å². The van der Waals surface area contributed by atoms with Crippen molar-refractivity contribution in [1.82, 2.24) is 20.1 Å². The lowest BCUT2D eigenvalue weighted by Crippen LogP contribution is -2.12. The summed E-state index contributed by atoms with van der Waals surface area (Å²) >= 11 is 1.12. The lowest BCUT2D eigenvalue weighted by molar-refractivity contribution is -0.145. The molecular formula is C16H15F3N4OS. The lowest BCUT2D eigenvalue weighted by atomic mass is 9.97. The Bertz CT molecular complexity index is 902. The largest absolute Gasteiger partial charge is 0.451 e. The Kier molecular flexibility index (Phi) is 4.44. The van der Waals surface area contributed by atoms with Crippen LogP contribution in [0, 0.1) is 0 Å². The Hall–Kier alpha value is -2.16. The first kappa shape index (κ1) is 17.7. The van der Waals surface area contributed by atoms with Crippen LogP contribution in [0.25, 0.3) is 10.9 Å². The van der Waals surface area contributed by atoms with Crippen LogP contribution in [-0.4, -0.2) is 20.1 Å². The first-order chi connectivity index (χ1) is 11.6. The Balaban J connectivity index is 1.91. The summed E-state index contributed by atoms with van der Waals surface area (Å²) in [6, 6.07) is 6.59. The van der Waals surface area contributed by atoms with Crippen molar-refractivity contribution in [2.75, 3.05) is 0 Å². The summed E-state index contributed by atoms with van der Waals surface area (Å²) in [7, 11) is 0. The van der Waals surface area contributed by atoms with E-state index in [9.17, 15) is 13.2 Å². The van der Waals surface area contributed by atoms with Crippen LogP contribution in [0.3, 0.4) is 0 Å². The predicted octanol–water partition coefficient (Wildman–Crippen LogP) is 4.62. The van der Waals surface area contributed by atoms with Crippen LogP contribution in [-0.2, 0) is 17.3 Å². The van der Waals surface area contributed by atoms with E-state index in [-0.39, 0.29) is 21.7 Å². The normalized spacial score (nSPS) is 12.7. The van der Waals surface area contributed by atoms with E-state index in [1.165, 1.54) is 6.07 Å². The number of aromatic nitrogens is 4. The second-order valence-electron chi connectivity index (χ2n) is 6.42. The van der Waals surface area contributed by atoms with Gasteiger partial charge in [-0.3, -0.25) is 0 Å². The van der Waals surface area contributed by atoms with E-state index in [1.54, 1.807) is 18.2 Å². The van der Waals surface area contributed by atoms with Crippen LogP contribution >= 0.6 is 11.8 Å². The fraction of sp³-hybridized carbons (Fsp3) is 0.375. The van der Waals surface area contributed by atoms with Crippen molar-refractivity contribution in [2.24, 2.45) is 0 Å². The highest BCUT2D eigenvalue weighted by atomic mass is 32.2. The highest BCUT2D eigenvalue weighted by Crippen LogP contribution is 2.33. The monoisotopic (exact) mass is 368 g/mol. The third-order valence-corrected chi connectivity index (χ3v) is 4.26. The fourth-order valence-electron chi connectivity index (χ4n) is 2.03. The molecule has 1 aromatic carbocycles. The highest BCUT2D eigenvalue weighted by molar-refractivity contribution is 7.98. The minimum atomic E-state index is -4.61. The van der Waals surface area contributed by atoms with Gasteiger partial charge in [-0.1, -0.05) is 55.9 Å². The number of thioether (sulfide) groups is 1. The van der Waals surface area contributed by atoms with Crippen LogP contribution in [0.4, 0.5) is 13.2 Å². The minimum absolute atomic E-state index is 0.236. The molecule has 0 amide bonds. The van der Waals surface area contributed by atoms with Crippen molar-refractivity contribution in [2.45, 2.75) is 43.1 Å². The molecule has 0 bridgehead atoms. The second kappa shape index (κ2) is 6.29. The predicted molar refractivity (Wildman–Crippen MR) is 87.1 cm³/mol. The summed E-state index contributed by atoms with van der Waals surface area (Å²) in [4.78, 5) is 11.6. The quantitative estimate of drug-likeness (QED) is 0.496. The first-order valence-electron chi connectivity index (χ1n) is 7.44. The zero-order valence-electron chi connectivity index (χ0n) is 13.8. The summed E-state index contributed by atoms with van der Waals surface area (Å²) in [6.07, 6.45) is -4.61. The van der Waals surface area contributed by atoms with Gasteiger partial charge in [-0.15, -0.1) is 0 Å². The van der Waals surface area contributed by atoms with E-state index < -0.39 is 12.0 Å². The van der Waals surface area contributed by atoms with Crippen molar-refractivity contribution in [3.05, 3.63) is 41.8 Å². The number of benzene rings is 1. The second-order valence-corrected chi connectivity index (χ2v) is 7.39. The van der Waals surface area contributed by atoms with Gasteiger partial charge in [0.15, 0.2) is 5.82 Å². The maximum atomic E-state index is 13.0. The van der Waals surface area contributed by atoms with Crippen LogP contribution in [0.1, 0.15) is 38.3 Å². The third kappa shape index (κ3) is 3.92. The van der Waals surface area contributed by atoms with Crippen molar-refractivity contribution in [3.63, 3.8) is 0 Å². The van der Waals surface area contributed by atoms with Crippen molar-refractivity contribution in [1.29, 1.82) is 0 Å². The summed E-state index contributed by atoms with van der Waals surface area (Å²) < 4.78 is 44.3. The van der Waals surface area contributed by atoms with Crippen molar-refractivity contribution in [3.8, 4) is 0 Å². The molecule has 2 heterocycles. The first-order valence-corrected chi connectivity index (χ1v) is 8.43. The third-order valence-electron chi connectivity index (χ3n) is 3.27. The molecule has 0 aliphatic heterocycles. The van der Waals surface area contributed by atoms with Crippen LogP contribution in [0.5, 0.6) is 0 Å². The Morgan fingerprint density at radius 1 is 1.04 bits per heavy atom. The molecule has 3 aromatic rings. The minimum Gasteiger partial charge on any atom is -0.339 e. The van der Waals surface area contributed by atoms with E-state index in [4.69, 9.17) is 4.52 Å². The topological polar surface area (TPSA) is 64.7 Å². The van der Waals surface area contributed by atoms with Crippen molar-refractivity contribution >= 4 is 22.7 Å². The zero-order valence-corrected chi connectivity index (χ0v) is 14.6. The maximum absolute atomic E-state index is 13.0. The maximum Gasteiger partial charge on any atom is 0.451 e. The van der Waals surface area contributed by atoms with Crippen molar-refractivity contribution < 1.29 is 17.7 Å². The molecule has 0 aliphatic rings. The summed E-state index contributed by atoms with van der Waals surface area (Å²) in [6.45, 7) is 5.81. The van der Waals surface area contributed by atoms with Crippen LogP contribution < -0.4 is 0 Å². The lowest BCUT2D eigenvalue weighted by Gasteiger charge is -2.10. The van der Waals surface area contributed by atoms with Gasteiger partial charge in [0.1, 0.15) is 5.03 Å². The molecule has 0 radical (unpaired) electrons. The van der Waals surface area contributed by atoms with Gasteiger partial charge in [0.05, 0.1) is 11.3 Å². The number of para-hydroxylation sites is 1. The molecule has 3 rings (SSSR count). The van der Waals surface area contributed by atoms with E-state index >= 15 is 0 Å². The zero-order chi connectivity index (χ0) is 18.2. The smallest absolute Gasteiger partial charge is 0.339 e. The molecule has 0 atom stereocenters. The fourth-order valence-corrected chi connectivity index (χ4v) is 2.90.